The molecule has 16 heavy (non-hydrogen) atoms. The van der Waals surface area contributed by atoms with Crippen LogP contribution in [0.5, 0.6) is 0 Å². The van der Waals surface area contributed by atoms with E-state index in [0.717, 1.165) is 6.42 Å². The van der Waals surface area contributed by atoms with Crippen molar-refractivity contribution in [2.24, 2.45) is 0 Å². The zero-order valence-electron chi connectivity index (χ0n) is 10.8. The molecule has 0 bridgehead atoms. The SMILES string of the molecule is C/C=C/CCCCCCCCOC(=O)CC. The second-order valence-corrected chi connectivity index (χ2v) is 4.05. The van der Waals surface area contributed by atoms with E-state index < -0.39 is 0 Å². The Labute approximate surface area is 100 Å². The van der Waals surface area contributed by atoms with Crippen LogP contribution in [0.1, 0.15) is 65.2 Å². The molecule has 94 valence electrons. The standard InChI is InChI=1S/C14H26O2/c1-3-5-6-7-8-9-10-11-12-13-16-14(15)4-2/h3,5H,4,6-13H2,1-2H3/b5-3+. The van der Waals surface area contributed by atoms with E-state index >= 15 is 0 Å². The molecule has 0 rings (SSSR count). The number of hydrogen-bond acceptors (Lipinski definition) is 2. The molecule has 0 radical (unpaired) electrons. The van der Waals surface area contributed by atoms with Gasteiger partial charge in [0.15, 0.2) is 0 Å². The predicted molar refractivity (Wildman–Crippen MR) is 68.4 cm³/mol. The topological polar surface area (TPSA) is 26.3 Å². The summed E-state index contributed by atoms with van der Waals surface area (Å²) in [7, 11) is 0. The van der Waals surface area contributed by atoms with Crippen LogP contribution < -0.4 is 0 Å². The van der Waals surface area contributed by atoms with E-state index in [2.05, 4.69) is 19.1 Å². The minimum atomic E-state index is -0.0775. The van der Waals surface area contributed by atoms with Crippen molar-refractivity contribution in [1.29, 1.82) is 0 Å². The molecule has 0 aromatic rings. The molecule has 0 saturated heterocycles. The number of carbonyl (C=O) groups excluding carboxylic acids is 1. The van der Waals surface area contributed by atoms with Gasteiger partial charge in [-0.2, -0.15) is 0 Å². The van der Waals surface area contributed by atoms with Crippen molar-refractivity contribution in [3.05, 3.63) is 12.2 Å². The Hall–Kier alpha value is -0.790. The number of carbonyl (C=O) groups is 1. The van der Waals surface area contributed by atoms with E-state index in [1.807, 2.05) is 6.92 Å². The highest BCUT2D eigenvalue weighted by Gasteiger charge is 1.97. The average molecular weight is 226 g/mol. The predicted octanol–water partition coefficient (Wildman–Crippen LogP) is 4.25. The largest absolute Gasteiger partial charge is 0.466 e. The highest BCUT2D eigenvalue weighted by Crippen LogP contribution is 2.07. The van der Waals surface area contributed by atoms with E-state index in [4.69, 9.17) is 4.74 Å². The zero-order valence-corrected chi connectivity index (χ0v) is 10.8. The Morgan fingerprint density at radius 2 is 1.69 bits per heavy atom. The number of unbranched alkanes of at least 4 members (excludes halogenated alkanes) is 6. The van der Waals surface area contributed by atoms with Gasteiger partial charge in [-0.25, -0.2) is 0 Å². The van der Waals surface area contributed by atoms with Gasteiger partial charge < -0.3 is 4.74 Å². The molecule has 0 saturated carbocycles. The first-order chi connectivity index (χ1) is 7.81. The molecule has 0 heterocycles. The van der Waals surface area contributed by atoms with Crippen molar-refractivity contribution >= 4 is 5.97 Å². The fraction of sp³-hybridized carbons (Fsp3) is 0.786. The molecule has 0 aromatic heterocycles. The quantitative estimate of drug-likeness (QED) is 0.316. The third kappa shape index (κ3) is 11.3. The molecule has 2 nitrogen and oxygen atoms in total. The van der Waals surface area contributed by atoms with Crippen LogP contribution in [0, 0.1) is 0 Å². The van der Waals surface area contributed by atoms with Gasteiger partial charge >= 0.3 is 5.97 Å². The molecule has 0 N–H and O–H groups in total. The summed E-state index contributed by atoms with van der Waals surface area (Å²) in [5.41, 5.74) is 0. The average Bonchev–Trinajstić information content (AvgIpc) is 2.31. The number of esters is 1. The van der Waals surface area contributed by atoms with E-state index in [1.54, 1.807) is 0 Å². The molecule has 0 unspecified atom stereocenters. The second kappa shape index (κ2) is 12.3. The third-order valence-electron chi connectivity index (χ3n) is 2.55. The summed E-state index contributed by atoms with van der Waals surface area (Å²) in [6.07, 6.45) is 13.4. The van der Waals surface area contributed by atoms with Crippen LogP contribution >= 0.6 is 0 Å². The van der Waals surface area contributed by atoms with Gasteiger partial charge in [-0.15, -0.1) is 0 Å². The summed E-state index contributed by atoms with van der Waals surface area (Å²) in [6.45, 7) is 4.50. The number of ether oxygens (including phenoxy) is 1. The maximum Gasteiger partial charge on any atom is 0.305 e. The van der Waals surface area contributed by atoms with Gasteiger partial charge in [0.2, 0.25) is 0 Å². The molecule has 2 heteroatoms. The molecule has 0 aliphatic heterocycles. The molecule has 0 spiro atoms. The molecule has 0 amide bonds. The molecule has 0 aliphatic carbocycles. The van der Waals surface area contributed by atoms with Gasteiger partial charge in [-0.3, -0.25) is 4.79 Å². The Morgan fingerprint density at radius 1 is 1.06 bits per heavy atom. The first-order valence-corrected chi connectivity index (χ1v) is 6.58. The van der Waals surface area contributed by atoms with Gasteiger partial charge in [0.1, 0.15) is 0 Å². The van der Waals surface area contributed by atoms with Crippen molar-refractivity contribution in [3.8, 4) is 0 Å². The summed E-state index contributed by atoms with van der Waals surface area (Å²) >= 11 is 0. The number of hydrogen-bond donors (Lipinski definition) is 0. The molecular weight excluding hydrogens is 200 g/mol. The van der Waals surface area contributed by atoms with Crippen LogP contribution in [-0.4, -0.2) is 12.6 Å². The third-order valence-corrected chi connectivity index (χ3v) is 2.55. The lowest BCUT2D eigenvalue weighted by Gasteiger charge is -2.03. The Balaban J connectivity index is 3.01. The summed E-state index contributed by atoms with van der Waals surface area (Å²) in [4.78, 5) is 10.8. The van der Waals surface area contributed by atoms with Crippen molar-refractivity contribution in [3.63, 3.8) is 0 Å². The molecule has 0 fully saturated rings. The van der Waals surface area contributed by atoms with Crippen LogP contribution in [0.2, 0.25) is 0 Å². The van der Waals surface area contributed by atoms with Crippen LogP contribution in [-0.2, 0) is 9.53 Å². The van der Waals surface area contributed by atoms with Gasteiger partial charge in [0.25, 0.3) is 0 Å². The minimum Gasteiger partial charge on any atom is -0.466 e. The van der Waals surface area contributed by atoms with Crippen molar-refractivity contribution < 1.29 is 9.53 Å². The first-order valence-electron chi connectivity index (χ1n) is 6.58. The molecular formula is C14H26O2. The fourth-order valence-corrected chi connectivity index (χ4v) is 1.53. The second-order valence-electron chi connectivity index (χ2n) is 4.05. The van der Waals surface area contributed by atoms with Crippen LogP contribution in [0.4, 0.5) is 0 Å². The van der Waals surface area contributed by atoms with Gasteiger partial charge in [0.05, 0.1) is 6.61 Å². The Kier molecular flexibility index (Phi) is 11.7. The first kappa shape index (κ1) is 15.2. The minimum absolute atomic E-state index is 0.0775. The zero-order chi connectivity index (χ0) is 12.1. The summed E-state index contributed by atoms with van der Waals surface area (Å²) in [5.74, 6) is -0.0775. The van der Waals surface area contributed by atoms with E-state index in [-0.39, 0.29) is 5.97 Å². The van der Waals surface area contributed by atoms with Gasteiger partial charge in [-0.05, 0) is 26.2 Å². The van der Waals surface area contributed by atoms with E-state index in [0.29, 0.717) is 13.0 Å². The lowest BCUT2D eigenvalue weighted by molar-refractivity contribution is -0.143. The van der Waals surface area contributed by atoms with Crippen molar-refractivity contribution in [2.45, 2.75) is 65.2 Å². The molecule has 0 atom stereocenters. The number of rotatable bonds is 10. The Bertz CT molecular complexity index is 185. The van der Waals surface area contributed by atoms with E-state index in [9.17, 15) is 4.79 Å². The van der Waals surface area contributed by atoms with Crippen LogP contribution in [0.25, 0.3) is 0 Å². The number of allylic oxidation sites excluding steroid dienone is 2. The maximum atomic E-state index is 10.8. The summed E-state index contributed by atoms with van der Waals surface area (Å²) in [6, 6.07) is 0. The smallest absolute Gasteiger partial charge is 0.305 e. The Morgan fingerprint density at radius 3 is 2.31 bits per heavy atom. The lowest BCUT2D eigenvalue weighted by Crippen LogP contribution is -2.03. The molecule has 0 aliphatic rings. The summed E-state index contributed by atoms with van der Waals surface area (Å²) in [5, 5.41) is 0. The van der Waals surface area contributed by atoms with Crippen LogP contribution in [0.15, 0.2) is 12.2 Å². The lowest BCUT2D eigenvalue weighted by atomic mass is 10.1. The summed E-state index contributed by atoms with van der Waals surface area (Å²) < 4.78 is 5.00. The monoisotopic (exact) mass is 226 g/mol. The van der Waals surface area contributed by atoms with E-state index in [1.165, 1.54) is 38.5 Å². The van der Waals surface area contributed by atoms with Gasteiger partial charge in [0, 0.05) is 6.42 Å². The maximum absolute atomic E-state index is 10.8. The highest BCUT2D eigenvalue weighted by atomic mass is 16.5. The highest BCUT2D eigenvalue weighted by molar-refractivity contribution is 5.68. The molecule has 0 aromatic carbocycles. The van der Waals surface area contributed by atoms with Crippen LogP contribution in [0.3, 0.4) is 0 Å². The fourth-order valence-electron chi connectivity index (χ4n) is 1.53. The van der Waals surface area contributed by atoms with Gasteiger partial charge in [-0.1, -0.05) is 44.8 Å². The van der Waals surface area contributed by atoms with Crippen molar-refractivity contribution in [1.82, 2.24) is 0 Å². The normalized spacial score (nSPS) is 10.9. The van der Waals surface area contributed by atoms with Crippen molar-refractivity contribution in [2.75, 3.05) is 6.61 Å².